The Balaban J connectivity index is 1.85. The van der Waals surface area contributed by atoms with E-state index in [0.717, 1.165) is 36.6 Å². The SMILES string of the molecule is Cc1c(Cl)nnc(N2CCN3C(=O)NCC3C2)c1C. The molecule has 1 N–H and O–H groups in total. The fourth-order valence-corrected chi connectivity index (χ4v) is 2.84. The van der Waals surface area contributed by atoms with Crippen molar-refractivity contribution in [2.75, 3.05) is 31.1 Å². The van der Waals surface area contributed by atoms with Gasteiger partial charge >= 0.3 is 6.03 Å². The number of urea groups is 1. The summed E-state index contributed by atoms with van der Waals surface area (Å²) in [6.07, 6.45) is 0. The van der Waals surface area contributed by atoms with E-state index in [2.05, 4.69) is 20.4 Å². The van der Waals surface area contributed by atoms with Crippen LogP contribution in [0.4, 0.5) is 10.6 Å². The number of nitrogens with zero attached hydrogens (tertiary/aromatic N) is 4. The molecule has 2 aliphatic heterocycles. The lowest BCUT2D eigenvalue weighted by molar-refractivity contribution is 0.197. The molecule has 19 heavy (non-hydrogen) atoms. The number of carbonyl (C=O) groups is 1. The fourth-order valence-electron chi connectivity index (χ4n) is 2.66. The highest BCUT2D eigenvalue weighted by Crippen LogP contribution is 2.26. The molecule has 1 aromatic rings. The second kappa shape index (κ2) is 4.52. The molecule has 0 saturated carbocycles. The van der Waals surface area contributed by atoms with Crippen LogP contribution in [-0.2, 0) is 0 Å². The van der Waals surface area contributed by atoms with Gasteiger partial charge in [-0.25, -0.2) is 4.79 Å². The first-order chi connectivity index (χ1) is 9.08. The zero-order chi connectivity index (χ0) is 13.6. The Morgan fingerprint density at radius 2 is 2.05 bits per heavy atom. The molecule has 7 heteroatoms. The van der Waals surface area contributed by atoms with E-state index in [4.69, 9.17) is 11.6 Å². The van der Waals surface area contributed by atoms with Gasteiger partial charge in [0, 0.05) is 26.2 Å². The van der Waals surface area contributed by atoms with Crippen molar-refractivity contribution < 1.29 is 4.79 Å². The molecule has 1 aromatic heterocycles. The van der Waals surface area contributed by atoms with Crippen molar-refractivity contribution in [3.63, 3.8) is 0 Å². The summed E-state index contributed by atoms with van der Waals surface area (Å²) in [5.41, 5.74) is 2.03. The van der Waals surface area contributed by atoms with Crippen molar-refractivity contribution in [2.24, 2.45) is 0 Å². The summed E-state index contributed by atoms with van der Waals surface area (Å²) in [5.74, 6) is 0.876. The zero-order valence-electron chi connectivity index (χ0n) is 11.0. The van der Waals surface area contributed by atoms with Crippen molar-refractivity contribution in [2.45, 2.75) is 19.9 Å². The first-order valence-electron chi connectivity index (χ1n) is 6.36. The maximum absolute atomic E-state index is 11.6. The second-order valence-electron chi connectivity index (χ2n) is 5.04. The molecular weight excluding hydrogens is 266 g/mol. The summed E-state index contributed by atoms with van der Waals surface area (Å²) < 4.78 is 0. The van der Waals surface area contributed by atoms with Gasteiger partial charge in [0.1, 0.15) is 0 Å². The second-order valence-corrected chi connectivity index (χ2v) is 5.40. The molecule has 2 saturated heterocycles. The highest BCUT2D eigenvalue weighted by molar-refractivity contribution is 6.30. The van der Waals surface area contributed by atoms with Gasteiger partial charge in [0.05, 0.1) is 6.04 Å². The van der Waals surface area contributed by atoms with Crippen LogP contribution < -0.4 is 10.2 Å². The number of halogens is 1. The van der Waals surface area contributed by atoms with Gasteiger partial charge in [-0.15, -0.1) is 10.2 Å². The summed E-state index contributed by atoms with van der Waals surface area (Å²) in [5, 5.41) is 11.5. The summed E-state index contributed by atoms with van der Waals surface area (Å²) in [6, 6.07) is 0.262. The Morgan fingerprint density at radius 3 is 2.84 bits per heavy atom. The van der Waals surface area contributed by atoms with Crippen LogP contribution in [0.3, 0.4) is 0 Å². The van der Waals surface area contributed by atoms with Crippen LogP contribution in [0.5, 0.6) is 0 Å². The molecule has 0 radical (unpaired) electrons. The Kier molecular flexibility index (Phi) is 2.97. The van der Waals surface area contributed by atoms with Gasteiger partial charge in [0.25, 0.3) is 0 Å². The predicted octanol–water partition coefficient (Wildman–Crippen LogP) is 0.961. The topological polar surface area (TPSA) is 61.4 Å². The molecule has 3 rings (SSSR count). The predicted molar refractivity (Wildman–Crippen MR) is 72.6 cm³/mol. The van der Waals surface area contributed by atoms with Gasteiger partial charge in [-0.3, -0.25) is 0 Å². The number of rotatable bonds is 1. The van der Waals surface area contributed by atoms with E-state index < -0.39 is 0 Å². The Labute approximate surface area is 116 Å². The largest absolute Gasteiger partial charge is 0.351 e. The minimum Gasteiger partial charge on any atom is -0.351 e. The van der Waals surface area contributed by atoms with E-state index in [1.807, 2.05) is 18.7 Å². The first kappa shape index (κ1) is 12.5. The van der Waals surface area contributed by atoms with Gasteiger partial charge < -0.3 is 15.1 Å². The van der Waals surface area contributed by atoms with Crippen LogP contribution in [0.15, 0.2) is 0 Å². The third kappa shape index (κ3) is 2.00. The number of fused-ring (bicyclic) bond motifs is 1. The van der Waals surface area contributed by atoms with E-state index in [1.165, 1.54) is 0 Å². The lowest BCUT2D eigenvalue weighted by Gasteiger charge is -2.37. The quantitative estimate of drug-likeness (QED) is 0.833. The first-order valence-corrected chi connectivity index (χ1v) is 6.74. The van der Waals surface area contributed by atoms with E-state index in [0.29, 0.717) is 11.7 Å². The van der Waals surface area contributed by atoms with Crippen molar-refractivity contribution >= 4 is 23.4 Å². The normalized spacial score (nSPS) is 22.5. The summed E-state index contributed by atoms with van der Waals surface area (Å²) >= 11 is 5.98. The number of carbonyl (C=O) groups excluding carboxylic acids is 1. The number of hydrogen-bond acceptors (Lipinski definition) is 4. The van der Waals surface area contributed by atoms with Crippen molar-refractivity contribution in [3.8, 4) is 0 Å². The fraction of sp³-hybridized carbons (Fsp3) is 0.583. The van der Waals surface area contributed by atoms with E-state index in [1.54, 1.807) is 0 Å². The standard InChI is InChI=1S/C12H16ClN5O/c1-7-8(2)11(16-15-10(7)13)17-3-4-18-9(6-17)5-14-12(18)19/h9H,3-6H2,1-2H3,(H,14,19). The molecule has 2 fully saturated rings. The molecule has 1 atom stereocenters. The summed E-state index contributed by atoms with van der Waals surface area (Å²) in [7, 11) is 0. The molecule has 2 aliphatic rings. The summed E-state index contributed by atoms with van der Waals surface area (Å²) in [4.78, 5) is 15.6. The van der Waals surface area contributed by atoms with Gasteiger partial charge in [0.2, 0.25) is 0 Å². The Hall–Kier alpha value is -1.56. The number of hydrogen-bond donors (Lipinski definition) is 1. The van der Waals surface area contributed by atoms with E-state index >= 15 is 0 Å². The molecule has 102 valence electrons. The minimum atomic E-state index is 0.0414. The molecule has 0 aliphatic carbocycles. The zero-order valence-corrected chi connectivity index (χ0v) is 11.7. The lowest BCUT2D eigenvalue weighted by atomic mass is 10.1. The third-order valence-corrected chi connectivity index (χ3v) is 4.33. The number of nitrogens with one attached hydrogen (secondary N) is 1. The van der Waals surface area contributed by atoms with Crippen LogP contribution >= 0.6 is 11.6 Å². The average Bonchev–Trinajstić information content (AvgIpc) is 2.77. The van der Waals surface area contributed by atoms with Crippen LogP contribution in [0.25, 0.3) is 0 Å². The molecular formula is C12H16ClN5O. The molecule has 3 heterocycles. The molecule has 0 aromatic carbocycles. The van der Waals surface area contributed by atoms with Gasteiger partial charge in [-0.05, 0) is 25.0 Å². The van der Waals surface area contributed by atoms with Crippen molar-refractivity contribution in [3.05, 3.63) is 16.3 Å². The number of aromatic nitrogens is 2. The van der Waals surface area contributed by atoms with Gasteiger partial charge in [-0.2, -0.15) is 0 Å². The van der Waals surface area contributed by atoms with Crippen LogP contribution in [0.2, 0.25) is 5.15 Å². The number of anilines is 1. The van der Waals surface area contributed by atoms with Gasteiger partial charge in [0.15, 0.2) is 11.0 Å². The molecule has 0 spiro atoms. The van der Waals surface area contributed by atoms with Crippen LogP contribution in [-0.4, -0.2) is 53.3 Å². The van der Waals surface area contributed by atoms with Crippen molar-refractivity contribution in [1.82, 2.24) is 20.4 Å². The third-order valence-electron chi connectivity index (χ3n) is 3.97. The van der Waals surface area contributed by atoms with Crippen LogP contribution in [0.1, 0.15) is 11.1 Å². The van der Waals surface area contributed by atoms with Gasteiger partial charge in [-0.1, -0.05) is 11.6 Å². The number of piperazine rings is 1. The smallest absolute Gasteiger partial charge is 0.317 e. The molecule has 6 nitrogen and oxygen atoms in total. The number of amides is 2. The lowest BCUT2D eigenvalue weighted by Crippen LogP contribution is -2.52. The Morgan fingerprint density at radius 1 is 1.26 bits per heavy atom. The monoisotopic (exact) mass is 281 g/mol. The Bertz CT molecular complexity index is 535. The maximum atomic E-state index is 11.6. The average molecular weight is 282 g/mol. The van der Waals surface area contributed by atoms with E-state index in [-0.39, 0.29) is 12.1 Å². The highest BCUT2D eigenvalue weighted by Gasteiger charge is 2.36. The highest BCUT2D eigenvalue weighted by atomic mass is 35.5. The molecule has 0 bridgehead atoms. The molecule has 2 amide bonds. The van der Waals surface area contributed by atoms with E-state index in [9.17, 15) is 4.79 Å². The maximum Gasteiger partial charge on any atom is 0.317 e. The summed E-state index contributed by atoms with van der Waals surface area (Å²) in [6.45, 7) is 6.95. The minimum absolute atomic E-state index is 0.0414. The molecule has 1 unspecified atom stereocenters. The van der Waals surface area contributed by atoms with Crippen molar-refractivity contribution in [1.29, 1.82) is 0 Å². The van der Waals surface area contributed by atoms with Crippen LogP contribution in [0, 0.1) is 13.8 Å².